The predicted molar refractivity (Wildman–Crippen MR) is 79.8 cm³/mol. The van der Waals surface area contributed by atoms with Gasteiger partial charge in [0.15, 0.2) is 0 Å². The number of carbonyl (C=O) groups is 2. The molecule has 0 spiro atoms. The molecule has 0 aliphatic rings. The third kappa shape index (κ3) is 6.84. The second kappa shape index (κ2) is 9.50. The molecule has 6 heteroatoms. The fourth-order valence-electron chi connectivity index (χ4n) is 1.65. The molecule has 1 N–H and O–H groups in total. The maximum absolute atomic E-state index is 13.5. The molecule has 0 saturated carbocycles. The van der Waals surface area contributed by atoms with Crippen molar-refractivity contribution in [3.63, 3.8) is 0 Å². The highest BCUT2D eigenvalue weighted by Gasteiger charge is 2.30. The minimum atomic E-state index is -1.20. The minimum Gasteiger partial charge on any atom is -0.464 e. The van der Waals surface area contributed by atoms with Crippen LogP contribution in [0.5, 0.6) is 0 Å². The Bertz CT molecular complexity index is 540. The van der Waals surface area contributed by atoms with Gasteiger partial charge in [0.1, 0.15) is 11.9 Å². The molecule has 0 aliphatic heterocycles. The predicted octanol–water partition coefficient (Wildman–Crippen LogP) is 2.59. The van der Waals surface area contributed by atoms with E-state index in [1.807, 2.05) is 0 Å². The molecule has 2 atom stereocenters. The van der Waals surface area contributed by atoms with Crippen molar-refractivity contribution in [3.8, 4) is 12.3 Å². The van der Waals surface area contributed by atoms with E-state index in [1.54, 1.807) is 6.92 Å². The first-order valence-corrected chi connectivity index (χ1v) is 6.52. The average Bonchev–Trinajstić information content (AvgIpc) is 2.36. The molecular weight excluding hydrogens is 292 g/mol. The van der Waals surface area contributed by atoms with Gasteiger partial charge in [-0.15, -0.1) is 6.42 Å². The molecule has 0 aromatic carbocycles. The molecule has 1 amide bonds. The average molecular weight is 311 g/mol. The SMILES string of the molecule is C#C[C@@H](C(=C)/C=C(F)\C=C(/C)F)[C@H](NC(C)=O)C(=O)OCC. The zero-order valence-electron chi connectivity index (χ0n) is 12.8. The van der Waals surface area contributed by atoms with Crippen LogP contribution >= 0.6 is 0 Å². The molecule has 0 bridgehead atoms. The van der Waals surface area contributed by atoms with Crippen LogP contribution in [0.15, 0.2) is 36.0 Å². The highest BCUT2D eigenvalue weighted by molar-refractivity contribution is 5.84. The van der Waals surface area contributed by atoms with Gasteiger partial charge in [0.25, 0.3) is 0 Å². The monoisotopic (exact) mass is 311 g/mol. The number of halogens is 2. The Morgan fingerprint density at radius 2 is 1.95 bits per heavy atom. The Labute approximate surface area is 128 Å². The summed E-state index contributed by atoms with van der Waals surface area (Å²) in [5.41, 5.74) is 0.0318. The molecule has 0 aromatic rings. The van der Waals surface area contributed by atoms with E-state index >= 15 is 0 Å². The van der Waals surface area contributed by atoms with Gasteiger partial charge in [-0.25, -0.2) is 13.6 Å². The minimum absolute atomic E-state index is 0.0318. The zero-order valence-corrected chi connectivity index (χ0v) is 12.8. The summed E-state index contributed by atoms with van der Waals surface area (Å²) < 4.78 is 30.9. The topological polar surface area (TPSA) is 55.4 Å². The quantitative estimate of drug-likeness (QED) is 0.447. The van der Waals surface area contributed by atoms with Crippen LogP contribution < -0.4 is 5.32 Å². The molecule has 0 heterocycles. The third-order valence-electron chi connectivity index (χ3n) is 2.47. The summed E-state index contributed by atoms with van der Waals surface area (Å²) in [5, 5.41) is 2.35. The summed E-state index contributed by atoms with van der Waals surface area (Å²) >= 11 is 0. The molecule has 0 unspecified atom stereocenters. The van der Waals surface area contributed by atoms with Crippen LogP contribution in [0.25, 0.3) is 0 Å². The number of ether oxygens (including phenoxy) is 1. The van der Waals surface area contributed by atoms with Gasteiger partial charge >= 0.3 is 5.97 Å². The fraction of sp³-hybridized carbons (Fsp3) is 0.375. The van der Waals surface area contributed by atoms with E-state index in [4.69, 9.17) is 11.2 Å². The normalized spacial score (nSPS) is 14.5. The van der Waals surface area contributed by atoms with Gasteiger partial charge in [-0.3, -0.25) is 4.79 Å². The second-order valence-electron chi connectivity index (χ2n) is 4.41. The Balaban J connectivity index is 5.43. The second-order valence-corrected chi connectivity index (χ2v) is 4.41. The van der Waals surface area contributed by atoms with E-state index in [9.17, 15) is 18.4 Å². The van der Waals surface area contributed by atoms with Gasteiger partial charge in [0.2, 0.25) is 5.91 Å². The van der Waals surface area contributed by atoms with Crippen molar-refractivity contribution >= 4 is 11.9 Å². The summed E-state index contributed by atoms with van der Waals surface area (Å²) in [6.07, 6.45) is 6.90. The Morgan fingerprint density at radius 1 is 1.36 bits per heavy atom. The molecule has 120 valence electrons. The van der Waals surface area contributed by atoms with E-state index in [0.717, 1.165) is 13.0 Å². The van der Waals surface area contributed by atoms with E-state index < -0.39 is 35.5 Å². The lowest BCUT2D eigenvalue weighted by Crippen LogP contribution is -2.46. The lowest BCUT2D eigenvalue weighted by Gasteiger charge is -2.22. The van der Waals surface area contributed by atoms with Crippen LogP contribution in [-0.2, 0) is 14.3 Å². The van der Waals surface area contributed by atoms with E-state index in [0.29, 0.717) is 6.08 Å². The van der Waals surface area contributed by atoms with Gasteiger partial charge in [-0.05, 0) is 25.5 Å². The van der Waals surface area contributed by atoms with Crippen molar-refractivity contribution in [1.29, 1.82) is 0 Å². The van der Waals surface area contributed by atoms with Crippen molar-refractivity contribution in [2.45, 2.75) is 26.8 Å². The Kier molecular flexibility index (Phi) is 8.46. The number of rotatable bonds is 7. The number of amides is 1. The van der Waals surface area contributed by atoms with Crippen molar-refractivity contribution < 1.29 is 23.1 Å². The molecule has 0 saturated heterocycles. The number of nitrogens with one attached hydrogen (secondary N) is 1. The van der Waals surface area contributed by atoms with Gasteiger partial charge in [-0.2, -0.15) is 0 Å². The number of esters is 1. The highest BCUT2D eigenvalue weighted by Crippen LogP contribution is 2.19. The number of hydrogen-bond donors (Lipinski definition) is 1. The number of terminal acetylenes is 1. The first kappa shape index (κ1) is 19.6. The van der Waals surface area contributed by atoms with Crippen LogP contribution in [0.4, 0.5) is 8.78 Å². The van der Waals surface area contributed by atoms with Crippen LogP contribution in [0.2, 0.25) is 0 Å². The van der Waals surface area contributed by atoms with Crippen molar-refractivity contribution in [2.24, 2.45) is 5.92 Å². The molecule has 0 fully saturated rings. The van der Waals surface area contributed by atoms with Gasteiger partial charge in [0.05, 0.1) is 18.4 Å². The Morgan fingerprint density at radius 3 is 2.36 bits per heavy atom. The summed E-state index contributed by atoms with van der Waals surface area (Å²) in [6.45, 7) is 7.54. The fourth-order valence-corrected chi connectivity index (χ4v) is 1.65. The number of allylic oxidation sites excluding steroid dienone is 4. The maximum atomic E-state index is 13.5. The van der Waals surface area contributed by atoms with Crippen LogP contribution in [-0.4, -0.2) is 24.5 Å². The summed E-state index contributed by atoms with van der Waals surface area (Å²) in [7, 11) is 0. The lowest BCUT2D eigenvalue weighted by atomic mass is 9.92. The first-order chi connectivity index (χ1) is 10.2. The maximum Gasteiger partial charge on any atom is 0.330 e. The molecule has 0 aromatic heterocycles. The molecule has 0 aliphatic carbocycles. The van der Waals surface area contributed by atoms with Gasteiger partial charge in [-0.1, -0.05) is 12.5 Å². The largest absolute Gasteiger partial charge is 0.464 e. The molecule has 0 radical (unpaired) electrons. The molecule has 0 rings (SSSR count). The van der Waals surface area contributed by atoms with Gasteiger partial charge < -0.3 is 10.1 Å². The number of carbonyl (C=O) groups excluding carboxylic acids is 2. The van der Waals surface area contributed by atoms with Crippen molar-refractivity contribution in [2.75, 3.05) is 6.61 Å². The smallest absolute Gasteiger partial charge is 0.330 e. The highest BCUT2D eigenvalue weighted by atomic mass is 19.1. The summed E-state index contributed by atoms with van der Waals surface area (Å²) in [4.78, 5) is 23.1. The third-order valence-corrected chi connectivity index (χ3v) is 2.47. The zero-order chi connectivity index (χ0) is 17.3. The molecule has 22 heavy (non-hydrogen) atoms. The van der Waals surface area contributed by atoms with Crippen LogP contribution in [0.1, 0.15) is 20.8 Å². The van der Waals surface area contributed by atoms with E-state index in [-0.39, 0.29) is 12.2 Å². The van der Waals surface area contributed by atoms with Crippen LogP contribution in [0, 0.1) is 18.3 Å². The van der Waals surface area contributed by atoms with Crippen molar-refractivity contribution in [3.05, 3.63) is 36.0 Å². The van der Waals surface area contributed by atoms with Gasteiger partial charge in [0, 0.05) is 13.0 Å². The van der Waals surface area contributed by atoms with Crippen LogP contribution in [0.3, 0.4) is 0 Å². The first-order valence-electron chi connectivity index (χ1n) is 6.52. The van der Waals surface area contributed by atoms with E-state index in [2.05, 4.69) is 17.8 Å². The summed E-state index contributed by atoms with van der Waals surface area (Å²) in [5.74, 6) is -1.66. The molecule has 4 nitrogen and oxygen atoms in total. The van der Waals surface area contributed by atoms with Crippen molar-refractivity contribution in [1.82, 2.24) is 5.32 Å². The summed E-state index contributed by atoms with van der Waals surface area (Å²) in [6, 6.07) is -1.20. The van der Waals surface area contributed by atoms with E-state index in [1.165, 1.54) is 6.92 Å². The lowest BCUT2D eigenvalue weighted by molar-refractivity contribution is -0.147. The Hall–Kier alpha value is -2.42. The standard InChI is InChI=1S/C16H19F2NO3/c1-6-14(10(3)8-13(18)9-11(4)17)15(19-12(5)20)16(21)22-7-2/h1,8-9,14-15H,3,7H2,2,4-5H3,(H,19,20)/b11-9+,13-8+/t14-,15-/m0/s1. The molecular formula is C16H19F2NO3. The number of hydrogen-bond acceptors (Lipinski definition) is 3.